The van der Waals surface area contributed by atoms with Crippen molar-refractivity contribution in [3.8, 4) is 0 Å². The first-order valence-electron chi connectivity index (χ1n) is 31.9. The van der Waals surface area contributed by atoms with Gasteiger partial charge in [-0.2, -0.15) is 0 Å². The van der Waals surface area contributed by atoms with E-state index in [0.29, 0.717) is 19.3 Å². The lowest BCUT2D eigenvalue weighted by Gasteiger charge is -2.18. The highest BCUT2D eigenvalue weighted by Gasteiger charge is 2.19. The van der Waals surface area contributed by atoms with Crippen LogP contribution in [0.4, 0.5) is 0 Å². The fourth-order valence-electron chi connectivity index (χ4n) is 9.21. The predicted octanol–water partition coefficient (Wildman–Crippen LogP) is 21.7. The van der Waals surface area contributed by atoms with Crippen molar-refractivity contribution in [1.29, 1.82) is 0 Å². The largest absolute Gasteiger partial charge is 0.462 e. The summed E-state index contributed by atoms with van der Waals surface area (Å²) >= 11 is 0. The Morgan fingerprint density at radius 3 is 0.824 bits per heavy atom. The molecule has 0 aromatic heterocycles. The maximum atomic E-state index is 12.9. The van der Waals surface area contributed by atoms with Crippen LogP contribution in [0.2, 0.25) is 0 Å². The second kappa shape index (κ2) is 62.4. The molecule has 0 heterocycles. The third kappa shape index (κ3) is 59.7. The number of carbonyl (C=O) groups excluding carboxylic acids is 3. The fourth-order valence-corrected chi connectivity index (χ4v) is 9.21. The molecule has 0 aliphatic rings. The van der Waals surface area contributed by atoms with Crippen LogP contribution in [0.15, 0.2) is 72.9 Å². The minimum atomic E-state index is -0.778. The summed E-state index contributed by atoms with van der Waals surface area (Å²) in [5.41, 5.74) is 0. The molecular weight excluding hydrogens is 913 g/mol. The molecule has 428 valence electrons. The van der Waals surface area contributed by atoms with Gasteiger partial charge in [-0.25, -0.2) is 0 Å². The van der Waals surface area contributed by atoms with Crippen LogP contribution in [-0.4, -0.2) is 37.2 Å². The van der Waals surface area contributed by atoms with Crippen LogP contribution >= 0.6 is 0 Å². The molecule has 0 aliphatic heterocycles. The molecule has 6 nitrogen and oxygen atoms in total. The number of ether oxygens (including phenoxy) is 3. The Hall–Kier alpha value is -3.15. The van der Waals surface area contributed by atoms with Crippen LogP contribution in [0.25, 0.3) is 0 Å². The molecule has 0 rings (SSSR count). The van der Waals surface area contributed by atoms with Gasteiger partial charge in [-0.1, -0.05) is 306 Å². The van der Waals surface area contributed by atoms with Crippen LogP contribution < -0.4 is 0 Å². The van der Waals surface area contributed by atoms with Gasteiger partial charge < -0.3 is 14.2 Å². The fraction of sp³-hybridized carbons (Fsp3) is 0.779. The molecule has 6 heteroatoms. The molecule has 0 saturated carbocycles. The molecule has 74 heavy (non-hydrogen) atoms. The minimum Gasteiger partial charge on any atom is -0.462 e. The van der Waals surface area contributed by atoms with E-state index in [1.165, 1.54) is 180 Å². The topological polar surface area (TPSA) is 78.9 Å². The average Bonchev–Trinajstić information content (AvgIpc) is 3.40. The van der Waals surface area contributed by atoms with Crippen molar-refractivity contribution in [2.75, 3.05) is 13.2 Å². The van der Waals surface area contributed by atoms with Gasteiger partial charge >= 0.3 is 17.9 Å². The van der Waals surface area contributed by atoms with Crippen molar-refractivity contribution in [1.82, 2.24) is 0 Å². The van der Waals surface area contributed by atoms with E-state index >= 15 is 0 Å². The molecule has 0 aromatic carbocycles. The van der Waals surface area contributed by atoms with Gasteiger partial charge in [0, 0.05) is 19.3 Å². The Kier molecular flexibility index (Phi) is 59.7. The molecule has 1 unspecified atom stereocenters. The lowest BCUT2D eigenvalue weighted by Crippen LogP contribution is -2.30. The Labute approximate surface area is 459 Å². The maximum Gasteiger partial charge on any atom is 0.306 e. The van der Waals surface area contributed by atoms with Gasteiger partial charge in [0.1, 0.15) is 13.2 Å². The van der Waals surface area contributed by atoms with Gasteiger partial charge in [0.2, 0.25) is 0 Å². The summed E-state index contributed by atoms with van der Waals surface area (Å²) in [5, 5.41) is 0. The molecule has 0 N–H and O–H groups in total. The maximum absolute atomic E-state index is 12.9. The van der Waals surface area contributed by atoms with E-state index in [1.54, 1.807) is 0 Å². The monoisotopic (exact) mass is 1030 g/mol. The van der Waals surface area contributed by atoms with Crippen LogP contribution in [0, 0.1) is 0 Å². The number of carbonyl (C=O) groups is 3. The molecule has 0 amide bonds. The molecule has 0 fully saturated rings. The lowest BCUT2D eigenvalue weighted by atomic mass is 10.0. The third-order valence-electron chi connectivity index (χ3n) is 14.0. The van der Waals surface area contributed by atoms with E-state index in [4.69, 9.17) is 14.2 Å². The molecule has 0 bridgehead atoms. The Balaban J connectivity index is 4.15. The molecular formula is C68H120O6. The normalized spacial score (nSPS) is 12.5. The zero-order valence-electron chi connectivity index (χ0n) is 49.1. The lowest BCUT2D eigenvalue weighted by molar-refractivity contribution is -0.167. The summed E-state index contributed by atoms with van der Waals surface area (Å²) in [6.45, 7) is 6.51. The van der Waals surface area contributed by atoms with Gasteiger partial charge in [-0.05, 0) is 70.6 Å². The number of hydrogen-bond donors (Lipinski definition) is 0. The smallest absolute Gasteiger partial charge is 0.306 e. The highest BCUT2D eigenvalue weighted by Crippen LogP contribution is 2.17. The summed E-state index contributed by atoms with van der Waals surface area (Å²) in [7, 11) is 0. The number of unbranched alkanes of at least 4 members (excludes halogenated alkanes) is 35. The highest BCUT2D eigenvalue weighted by molar-refractivity contribution is 5.71. The van der Waals surface area contributed by atoms with E-state index in [-0.39, 0.29) is 31.1 Å². The minimum absolute atomic E-state index is 0.0770. The van der Waals surface area contributed by atoms with Crippen molar-refractivity contribution < 1.29 is 28.6 Å². The third-order valence-corrected chi connectivity index (χ3v) is 14.0. The first-order valence-corrected chi connectivity index (χ1v) is 31.9. The van der Waals surface area contributed by atoms with Crippen molar-refractivity contribution in [2.24, 2.45) is 0 Å². The number of rotatable bonds is 58. The van der Waals surface area contributed by atoms with Gasteiger partial charge in [-0.3, -0.25) is 14.4 Å². The first-order chi connectivity index (χ1) is 36.5. The second-order valence-corrected chi connectivity index (χ2v) is 21.3. The van der Waals surface area contributed by atoms with E-state index in [9.17, 15) is 14.4 Å². The Bertz CT molecular complexity index is 1370. The first kappa shape index (κ1) is 70.8. The average molecular weight is 1030 g/mol. The van der Waals surface area contributed by atoms with Crippen LogP contribution in [0.5, 0.6) is 0 Å². The summed E-state index contributed by atoms with van der Waals surface area (Å²) in [6, 6.07) is 0. The molecule has 0 spiro atoms. The van der Waals surface area contributed by atoms with Crippen LogP contribution in [-0.2, 0) is 28.6 Å². The van der Waals surface area contributed by atoms with Crippen molar-refractivity contribution in [3.63, 3.8) is 0 Å². The van der Waals surface area contributed by atoms with Gasteiger partial charge in [0.15, 0.2) is 6.10 Å². The van der Waals surface area contributed by atoms with Crippen molar-refractivity contribution in [2.45, 2.75) is 329 Å². The Morgan fingerprint density at radius 2 is 0.527 bits per heavy atom. The van der Waals surface area contributed by atoms with E-state index in [2.05, 4.69) is 93.7 Å². The zero-order chi connectivity index (χ0) is 53.6. The van der Waals surface area contributed by atoms with Crippen molar-refractivity contribution >= 4 is 17.9 Å². The molecule has 0 saturated heterocycles. The van der Waals surface area contributed by atoms with Crippen LogP contribution in [0.3, 0.4) is 0 Å². The molecule has 0 aromatic rings. The summed E-state index contributed by atoms with van der Waals surface area (Å²) in [5.74, 6) is -0.884. The molecule has 0 aliphatic carbocycles. The second-order valence-electron chi connectivity index (χ2n) is 21.3. The van der Waals surface area contributed by atoms with Gasteiger partial charge in [0.05, 0.1) is 0 Å². The SMILES string of the molecule is CC/C=C\C/C=C\C/C=C\C/C=C\C/C=C\C/C=C\CCCCCCCCC(=O)OCC(COC(=O)CCCCCCCCC)OC(=O)CCCCCCCCCCCCCCCCCCCCCCCCCC. The number of allylic oxidation sites excluding steroid dienone is 12. The van der Waals surface area contributed by atoms with E-state index in [0.717, 1.165) is 103 Å². The predicted molar refractivity (Wildman–Crippen MR) is 321 cm³/mol. The van der Waals surface area contributed by atoms with Crippen molar-refractivity contribution in [3.05, 3.63) is 72.9 Å². The highest BCUT2D eigenvalue weighted by atomic mass is 16.6. The number of esters is 3. The summed E-state index contributed by atoms with van der Waals surface area (Å²) < 4.78 is 16.8. The molecule has 1 atom stereocenters. The zero-order valence-corrected chi connectivity index (χ0v) is 49.1. The van der Waals surface area contributed by atoms with Gasteiger partial charge in [0.25, 0.3) is 0 Å². The summed E-state index contributed by atoms with van der Waals surface area (Å²) in [6.07, 6.45) is 80.8. The van der Waals surface area contributed by atoms with E-state index in [1.807, 2.05) is 0 Å². The number of hydrogen-bond acceptors (Lipinski definition) is 6. The Morgan fingerprint density at radius 1 is 0.284 bits per heavy atom. The molecule has 0 radical (unpaired) electrons. The van der Waals surface area contributed by atoms with Crippen LogP contribution in [0.1, 0.15) is 323 Å². The standard InChI is InChI=1S/C68H120O6/c1-4-7-10-13-16-18-20-22-24-26-28-30-32-34-36-37-39-41-43-45-47-49-52-55-58-61-67(70)73-64-65(63-72-66(69)60-57-54-51-15-12-9-6-3)74-68(71)62-59-56-53-50-48-46-44-42-40-38-35-33-31-29-27-25-23-21-19-17-14-11-8-5-2/h7,10,16,18,22,24,28,30,34,36,39,41,65H,4-6,8-9,11-15,17,19-21,23,25-27,29,31-33,35,37-38,40,42-64H2,1-3H3/b10-7-,18-16-,24-22-,30-28-,36-34-,41-39-. The quantitative estimate of drug-likeness (QED) is 0.0261. The summed E-state index contributed by atoms with van der Waals surface area (Å²) in [4.78, 5) is 38.1. The van der Waals surface area contributed by atoms with Gasteiger partial charge in [-0.15, -0.1) is 0 Å². The van der Waals surface area contributed by atoms with E-state index < -0.39 is 6.10 Å².